The number of aromatic amines is 1. The molecule has 0 fully saturated rings. The molecule has 1 aromatic heterocycles. The van der Waals surface area contributed by atoms with Crippen LogP contribution >= 0.6 is 0 Å². The number of aromatic nitrogens is 2. The van der Waals surface area contributed by atoms with E-state index in [4.69, 9.17) is 0 Å². The quantitative estimate of drug-likeness (QED) is 0.746. The van der Waals surface area contributed by atoms with Gasteiger partial charge in [0.2, 0.25) is 0 Å². The summed E-state index contributed by atoms with van der Waals surface area (Å²) >= 11 is 0. The molecular weight excluding hydrogens is 176 g/mol. The van der Waals surface area contributed by atoms with Crippen molar-refractivity contribution in [1.82, 2.24) is 9.97 Å². The van der Waals surface area contributed by atoms with Crippen LogP contribution in [0.4, 0.5) is 0 Å². The molecule has 0 radical (unpaired) electrons. The molecule has 3 heteroatoms. The molecule has 1 aliphatic rings. The van der Waals surface area contributed by atoms with Crippen LogP contribution in [0.25, 0.3) is 0 Å². The summed E-state index contributed by atoms with van der Waals surface area (Å²) in [5, 5.41) is 0. The largest absolute Gasteiger partial charge is 0.339 e. The Morgan fingerprint density at radius 3 is 3.21 bits per heavy atom. The second-order valence-electron chi connectivity index (χ2n) is 4.06. The molecule has 1 unspecified atom stereocenters. The number of hydrogen-bond donors (Lipinski definition) is 1. The molecule has 1 atom stereocenters. The zero-order chi connectivity index (χ0) is 9.97. The highest BCUT2D eigenvalue weighted by Gasteiger charge is 2.21. The molecule has 0 aliphatic heterocycles. The van der Waals surface area contributed by atoms with Gasteiger partial charge in [0.05, 0.1) is 5.69 Å². The lowest BCUT2D eigenvalue weighted by atomic mass is 9.87. The molecule has 3 nitrogen and oxygen atoms in total. The van der Waals surface area contributed by atoms with Gasteiger partial charge in [0.1, 0.15) is 0 Å². The van der Waals surface area contributed by atoms with Gasteiger partial charge in [-0.15, -0.1) is 0 Å². The maximum atomic E-state index is 10.5. The summed E-state index contributed by atoms with van der Waals surface area (Å²) < 4.78 is 0. The number of H-pyrrole nitrogens is 1. The van der Waals surface area contributed by atoms with Crippen molar-refractivity contribution in [1.29, 1.82) is 0 Å². The fourth-order valence-electron chi connectivity index (χ4n) is 2.29. The molecule has 0 aromatic carbocycles. The minimum atomic E-state index is 0.493. The van der Waals surface area contributed by atoms with E-state index in [1.165, 1.54) is 25.0 Å². The van der Waals surface area contributed by atoms with Crippen molar-refractivity contribution >= 4 is 6.29 Å². The normalized spacial score (nSPS) is 20.5. The number of aldehydes is 1. The molecule has 1 N–H and O–H groups in total. The van der Waals surface area contributed by atoms with E-state index in [1.807, 2.05) is 0 Å². The molecule has 1 aromatic rings. The number of nitrogens with one attached hydrogen (secondary N) is 1. The van der Waals surface area contributed by atoms with Crippen molar-refractivity contribution in [2.45, 2.75) is 39.0 Å². The van der Waals surface area contributed by atoms with Gasteiger partial charge in [-0.2, -0.15) is 0 Å². The highest BCUT2D eigenvalue weighted by atomic mass is 16.1. The van der Waals surface area contributed by atoms with E-state index < -0.39 is 0 Å². The van der Waals surface area contributed by atoms with Crippen molar-refractivity contribution in [3.8, 4) is 0 Å². The lowest BCUT2D eigenvalue weighted by molar-refractivity contribution is 0.111. The third-order valence-electron chi connectivity index (χ3n) is 2.97. The molecule has 1 heterocycles. The molecule has 2 rings (SSSR count). The summed E-state index contributed by atoms with van der Waals surface area (Å²) in [5.41, 5.74) is 2.30. The summed E-state index contributed by atoms with van der Waals surface area (Å²) in [4.78, 5) is 17.9. The maximum absolute atomic E-state index is 10.5. The van der Waals surface area contributed by atoms with E-state index in [0.717, 1.165) is 30.7 Å². The van der Waals surface area contributed by atoms with Gasteiger partial charge in [0.25, 0.3) is 0 Å². The maximum Gasteiger partial charge on any atom is 0.185 e. The number of fused-ring (bicyclic) bond motifs is 1. The molecule has 1 aliphatic carbocycles. The first kappa shape index (κ1) is 9.44. The van der Waals surface area contributed by atoms with E-state index in [2.05, 4.69) is 16.9 Å². The Labute approximate surface area is 83.9 Å². The zero-order valence-corrected chi connectivity index (χ0v) is 8.55. The third kappa shape index (κ3) is 1.72. The van der Waals surface area contributed by atoms with Crippen LogP contribution in [0.15, 0.2) is 0 Å². The Morgan fingerprint density at radius 2 is 2.50 bits per heavy atom. The Kier molecular flexibility index (Phi) is 2.66. The topological polar surface area (TPSA) is 45.8 Å². The van der Waals surface area contributed by atoms with Gasteiger partial charge >= 0.3 is 0 Å². The van der Waals surface area contributed by atoms with Crippen LogP contribution < -0.4 is 0 Å². The zero-order valence-electron chi connectivity index (χ0n) is 8.55. The lowest BCUT2D eigenvalue weighted by Gasteiger charge is -2.20. The van der Waals surface area contributed by atoms with Crippen molar-refractivity contribution in [3.63, 3.8) is 0 Å². The number of rotatable bonds is 3. The molecule has 76 valence electrons. The Bertz CT molecular complexity index is 330. The van der Waals surface area contributed by atoms with E-state index in [-0.39, 0.29) is 0 Å². The first-order chi connectivity index (χ1) is 6.83. The highest BCUT2D eigenvalue weighted by molar-refractivity contribution is 5.69. The van der Waals surface area contributed by atoms with Gasteiger partial charge in [-0.25, -0.2) is 4.98 Å². The first-order valence-corrected chi connectivity index (χ1v) is 5.36. The Hall–Kier alpha value is -1.12. The molecular formula is C11H16N2O. The monoisotopic (exact) mass is 192 g/mol. The smallest absolute Gasteiger partial charge is 0.185 e. The van der Waals surface area contributed by atoms with Crippen LogP contribution in [0.2, 0.25) is 0 Å². The molecule has 0 amide bonds. The number of nitrogens with zero attached hydrogens (tertiary/aromatic N) is 1. The van der Waals surface area contributed by atoms with Gasteiger partial charge in [-0.05, 0) is 25.2 Å². The fourth-order valence-corrected chi connectivity index (χ4v) is 2.29. The number of aryl methyl sites for hydroxylation is 1. The van der Waals surface area contributed by atoms with Crippen LogP contribution in [0.3, 0.4) is 0 Å². The van der Waals surface area contributed by atoms with Crippen LogP contribution in [-0.2, 0) is 12.8 Å². The van der Waals surface area contributed by atoms with Crippen LogP contribution in [0.1, 0.15) is 48.2 Å². The summed E-state index contributed by atoms with van der Waals surface area (Å²) in [6.45, 7) is 2.22. The second kappa shape index (κ2) is 3.95. The summed E-state index contributed by atoms with van der Waals surface area (Å²) in [6.07, 6.45) is 6.66. The average molecular weight is 192 g/mol. The number of imidazole rings is 1. The summed E-state index contributed by atoms with van der Waals surface area (Å²) in [7, 11) is 0. The predicted octanol–water partition coefficient (Wildman–Crippen LogP) is 2.13. The summed E-state index contributed by atoms with van der Waals surface area (Å²) in [6, 6.07) is 0. The van der Waals surface area contributed by atoms with Gasteiger partial charge in [0, 0.05) is 5.69 Å². The van der Waals surface area contributed by atoms with Gasteiger partial charge < -0.3 is 4.98 Å². The van der Waals surface area contributed by atoms with Crippen molar-refractivity contribution in [2.24, 2.45) is 5.92 Å². The minimum Gasteiger partial charge on any atom is -0.339 e. The second-order valence-corrected chi connectivity index (χ2v) is 4.06. The van der Waals surface area contributed by atoms with Crippen molar-refractivity contribution in [3.05, 3.63) is 17.2 Å². The lowest BCUT2D eigenvalue weighted by Crippen LogP contribution is -2.13. The predicted molar refractivity (Wildman–Crippen MR) is 54.4 cm³/mol. The van der Waals surface area contributed by atoms with Crippen LogP contribution in [0, 0.1) is 5.92 Å². The Morgan fingerprint density at radius 1 is 1.64 bits per heavy atom. The molecule has 0 bridgehead atoms. The van der Waals surface area contributed by atoms with Crippen LogP contribution in [0.5, 0.6) is 0 Å². The third-order valence-corrected chi connectivity index (χ3v) is 2.97. The molecule has 14 heavy (non-hydrogen) atoms. The van der Waals surface area contributed by atoms with Crippen molar-refractivity contribution in [2.75, 3.05) is 0 Å². The van der Waals surface area contributed by atoms with E-state index in [1.54, 1.807) is 0 Å². The highest BCUT2D eigenvalue weighted by Crippen LogP contribution is 2.26. The Balaban J connectivity index is 2.13. The number of hydrogen-bond acceptors (Lipinski definition) is 2. The van der Waals surface area contributed by atoms with Gasteiger partial charge in [0.15, 0.2) is 12.1 Å². The fraction of sp³-hybridized carbons (Fsp3) is 0.636. The van der Waals surface area contributed by atoms with Gasteiger partial charge in [-0.3, -0.25) is 4.79 Å². The van der Waals surface area contributed by atoms with Crippen molar-refractivity contribution < 1.29 is 4.79 Å². The number of carbonyl (C=O) groups excluding carboxylic acids is 1. The standard InChI is InChI=1S/C11H16N2O/c1-2-3-8-4-5-9-10(6-8)13-11(7-14)12-9/h7-8H,2-6H2,1H3,(H,12,13). The van der Waals surface area contributed by atoms with E-state index >= 15 is 0 Å². The molecule has 0 saturated carbocycles. The SMILES string of the molecule is CCCC1CCc2nc(C=O)[nH]c2C1. The number of carbonyl (C=O) groups is 1. The minimum absolute atomic E-state index is 0.493. The molecule has 0 spiro atoms. The average Bonchev–Trinajstić information content (AvgIpc) is 2.60. The van der Waals surface area contributed by atoms with Gasteiger partial charge in [-0.1, -0.05) is 19.8 Å². The van der Waals surface area contributed by atoms with E-state index in [9.17, 15) is 4.79 Å². The molecule has 0 saturated heterocycles. The van der Waals surface area contributed by atoms with Crippen LogP contribution in [-0.4, -0.2) is 16.3 Å². The first-order valence-electron chi connectivity index (χ1n) is 5.36. The summed E-state index contributed by atoms with van der Waals surface area (Å²) in [5.74, 6) is 1.28. The van der Waals surface area contributed by atoms with E-state index in [0.29, 0.717) is 5.82 Å².